The molecule has 2 aromatic heterocycles. The molecule has 11 rings (SSSR count). The maximum Gasteiger partial charge on any atom is 0.208 e. The van der Waals surface area contributed by atoms with Crippen LogP contribution in [-0.4, -0.2) is 25.5 Å². The summed E-state index contributed by atoms with van der Waals surface area (Å²) in [7, 11) is 0. The minimum Gasteiger partial charge on any atom is -0.504 e. The van der Waals surface area contributed by atoms with E-state index >= 15 is 0 Å². The molecule has 9 aromatic carbocycles. The van der Waals surface area contributed by atoms with Crippen molar-refractivity contribution < 1.29 is 34.4 Å². The zero-order chi connectivity index (χ0) is 38.5. The number of hydrogen-bond acceptors (Lipinski definition) is 7. The molecular weight excluding hydrogens is 713 g/mol. The van der Waals surface area contributed by atoms with Gasteiger partial charge >= 0.3 is 0 Å². The molecule has 0 fully saturated rings. The van der Waals surface area contributed by atoms with E-state index in [9.17, 15) is 25.5 Å². The van der Waals surface area contributed by atoms with E-state index < -0.39 is 28.7 Å². The van der Waals surface area contributed by atoms with Gasteiger partial charge in [0.15, 0.2) is 11.5 Å². The van der Waals surface area contributed by atoms with Crippen molar-refractivity contribution in [2.24, 2.45) is 0 Å². The third-order valence-electron chi connectivity index (χ3n) is 11.2. The van der Waals surface area contributed by atoms with Gasteiger partial charge in [-0.05, 0) is 79.7 Å². The van der Waals surface area contributed by atoms with Gasteiger partial charge < -0.3 is 34.4 Å². The number of benzene rings is 9. The maximum atomic E-state index is 11.1. The number of phenolic OH excluding ortho intramolecular Hbond substituents is 5. The fourth-order valence-corrected chi connectivity index (χ4v) is 8.69. The summed E-state index contributed by atoms with van der Waals surface area (Å²) in [5, 5.41) is 60.5. The highest BCUT2D eigenvalue weighted by Crippen LogP contribution is 2.58. The van der Waals surface area contributed by atoms with Gasteiger partial charge in [0.2, 0.25) is 17.2 Å². The molecule has 272 valence electrons. The highest BCUT2D eigenvalue weighted by Gasteiger charge is 2.28. The third kappa shape index (κ3) is 4.66. The Morgan fingerprint density at radius 2 is 0.719 bits per heavy atom. The van der Waals surface area contributed by atoms with Crippen LogP contribution in [0.2, 0.25) is 0 Å². The van der Waals surface area contributed by atoms with E-state index in [1.54, 1.807) is 0 Å². The van der Waals surface area contributed by atoms with Crippen molar-refractivity contribution in [2.75, 3.05) is 0 Å². The Morgan fingerprint density at radius 1 is 0.281 bits per heavy atom. The lowest BCUT2D eigenvalue weighted by atomic mass is 9.84. The monoisotopic (exact) mass is 742 g/mol. The molecule has 11 aromatic rings. The van der Waals surface area contributed by atoms with Gasteiger partial charge in [-0.1, -0.05) is 121 Å². The SMILES string of the molecule is Oc1c(O)c(O)c(-c2c3ccccc3c(-c3ccc(-c4ccc5oc6ccccc6c5c4-c4ccc5oc6ccccc6c5c4)cc3)c3ccccc23)c(O)c1O. The van der Waals surface area contributed by atoms with E-state index in [2.05, 4.69) is 54.6 Å². The Balaban J connectivity index is 1.14. The first-order chi connectivity index (χ1) is 27.9. The molecule has 0 aliphatic heterocycles. The highest BCUT2D eigenvalue weighted by atomic mass is 16.4. The molecule has 0 atom stereocenters. The average molecular weight is 743 g/mol. The van der Waals surface area contributed by atoms with Gasteiger partial charge in [0.1, 0.15) is 22.3 Å². The first-order valence-electron chi connectivity index (χ1n) is 18.5. The van der Waals surface area contributed by atoms with Crippen molar-refractivity contribution in [3.63, 3.8) is 0 Å². The number of para-hydroxylation sites is 2. The van der Waals surface area contributed by atoms with E-state index in [0.29, 0.717) is 16.3 Å². The fraction of sp³-hybridized carbons (Fsp3) is 0. The van der Waals surface area contributed by atoms with Gasteiger partial charge in [-0.15, -0.1) is 0 Å². The Morgan fingerprint density at radius 3 is 1.35 bits per heavy atom. The Kier molecular flexibility index (Phi) is 6.88. The number of rotatable bonds is 4. The minimum absolute atomic E-state index is 0.187. The van der Waals surface area contributed by atoms with Crippen LogP contribution in [0.5, 0.6) is 28.7 Å². The standard InChI is InChI=1S/C50H30O7/c51-46-45(47(52)49(54)50(55)48(46)53)43-33-12-3-1-10-31(33)41(32-11-2-4-13-34(32)43)27-19-17-26(18-20-27)29-22-24-40-44(35-14-6-8-16-38(35)57-40)42(29)28-21-23-39-36(25-28)30-9-5-7-15-37(30)56-39/h1-25,51-55H. The van der Waals surface area contributed by atoms with Crippen LogP contribution < -0.4 is 0 Å². The summed E-state index contributed by atoms with van der Waals surface area (Å²) in [5.41, 5.74) is 9.49. The van der Waals surface area contributed by atoms with Gasteiger partial charge in [-0.25, -0.2) is 0 Å². The van der Waals surface area contributed by atoms with Gasteiger partial charge in [0, 0.05) is 32.7 Å². The number of phenols is 5. The minimum atomic E-state index is -1.00. The van der Waals surface area contributed by atoms with Crippen LogP contribution in [0.3, 0.4) is 0 Å². The molecule has 7 nitrogen and oxygen atoms in total. The Hall–Kier alpha value is -7.90. The maximum absolute atomic E-state index is 11.1. The van der Waals surface area contributed by atoms with Crippen LogP contribution in [0.4, 0.5) is 0 Å². The average Bonchev–Trinajstić information content (AvgIpc) is 3.83. The summed E-state index contributed by atoms with van der Waals surface area (Å²) in [6.45, 7) is 0. The molecule has 0 amide bonds. The number of hydrogen-bond donors (Lipinski definition) is 5. The molecule has 57 heavy (non-hydrogen) atoms. The molecule has 0 radical (unpaired) electrons. The molecular formula is C50H30O7. The fourth-order valence-electron chi connectivity index (χ4n) is 8.69. The first kappa shape index (κ1) is 32.5. The molecule has 0 bridgehead atoms. The van der Waals surface area contributed by atoms with Crippen molar-refractivity contribution in [3.8, 4) is 73.3 Å². The summed E-state index contributed by atoms with van der Waals surface area (Å²) in [5.74, 6) is -4.33. The van der Waals surface area contributed by atoms with Crippen molar-refractivity contribution in [3.05, 3.63) is 152 Å². The lowest BCUT2D eigenvalue weighted by molar-refractivity contribution is 0.330. The quantitative estimate of drug-likeness (QED) is 0.0690. The van der Waals surface area contributed by atoms with Crippen LogP contribution in [0.1, 0.15) is 0 Å². The predicted octanol–water partition coefficient (Wildman–Crippen LogP) is 13.0. The summed E-state index contributed by atoms with van der Waals surface area (Å²) < 4.78 is 12.6. The van der Waals surface area contributed by atoms with Gasteiger partial charge in [0.05, 0.1) is 5.56 Å². The third-order valence-corrected chi connectivity index (χ3v) is 11.2. The van der Waals surface area contributed by atoms with E-state index in [0.717, 1.165) is 88.0 Å². The van der Waals surface area contributed by atoms with E-state index in [4.69, 9.17) is 8.83 Å². The lowest BCUT2D eigenvalue weighted by Crippen LogP contribution is -1.92. The van der Waals surface area contributed by atoms with E-state index in [1.807, 2.05) is 97.1 Å². The second kappa shape index (κ2) is 12.1. The second-order valence-electron chi connectivity index (χ2n) is 14.3. The van der Waals surface area contributed by atoms with Crippen molar-refractivity contribution in [1.29, 1.82) is 0 Å². The van der Waals surface area contributed by atoms with Crippen LogP contribution in [0.15, 0.2) is 160 Å². The molecule has 0 aliphatic carbocycles. The summed E-state index contributed by atoms with van der Waals surface area (Å²) in [6, 6.07) is 50.4. The molecule has 0 saturated carbocycles. The summed E-state index contributed by atoms with van der Waals surface area (Å²) in [6.07, 6.45) is 0. The number of furan rings is 2. The summed E-state index contributed by atoms with van der Waals surface area (Å²) in [4.78, 5) is 0. The Labute approximate surface area is 323 Å². The number of aromatic hydroxyl groups is 5. The van der Waals surface area contributed by atoms with E-state index in [1.165, 1.54) is 0 Å². The normalized spacial score (nSPS) is 11.9. The molecule has 5 N–H and O–H groups in total. The second-order valence-corrected chi connectivity index (χ2v) is 14.3. The first-order valence-corrected chi connectivity index (χ1v) is 18.5. The lowest BCUT2D eigenvalue weighted by Gasteiger charge is -2.20. The molecule has 0 saturated heterocycles. The highest BCUT2D eigenvalue weighted by molar-refractivity contribution is 6.23. The largest absolute Gasteiger partial charge is 0.504 e. The van der Waals surface area contributed by atoms with Crippen LogP contribution in [0.25, 0.3) is 110 Å². The zero-order valence-corrected chi connectivity index (χ0v) is 30.0. The van der Waals surface area contributed by atoms with Crippen molar-refractivity contribution >= 4 is 65.4 Å². The van der Waals surface area contributed by atoms with Crippen LogP contribution >= 0.6 is 0 Å². The van der Waals surface area contributed by atoms with Crippen LogP contribution in [0, 0.1) is 0 Å². The number of fused-ring (bicyclic) bond motifs is 8. The molecule has 7 heteroatoms. The van der Waals surface area contributed by atoms with E-state index in [-0.39, 0.29) is 5.56 Å². The van der Waals surface area contributed by atoms with Gasteiger partial charge in [-0.2, -0.15) is 0 Å². The topological polar surface area (TPSA) is 127 Å². The van der Waals surface area contributed by atoms with Gasteiger partial charge in [0.25, 0.3) is 0 Å². The summed E-state index contributed by atoms with van der Waals surface area (Å²) >= 11 is 0. The zero-order valence-electron chi connectivity index (χ0n) is 30.0. The Bertz CT molecular complexity index is 3380. The molecule has 0 unspecified atom stereocenters. The molecule has 0 aliphatic rings. The van der Waals surface area contributed by atoms with Crippen LogP contribution in [-0.2, 0) is 0 Å². The van der Waals surface area contributed by atoms with Crippen molar-refractivity contribution in [1.82, 2.24) is 0 Å². The van der Waals surface area contributed by atoms with Crippen molar-refractivity contribution in [2.45, 2.75) is 0 Å². The molecule has 0 spiro atoms. The molecule has 2 heterocycles. The smallest absolute Gasteiger partial charge is 0.208 e. The predicted molar refractivity (Wildman–Crippen MR) is 226 cm³/mol. The van der Waals surface area contributed by atoms with Gasteiger partial charge in [-0.3, -0.25) is 0 Å².